The van der Waals surface area contributed by atoms with E-state index < -0.39 is 0 Å². The quantitative estimate of drug-likeness (QED) is 0.408. The Kier molecular flexibility index (Phi) is 4.64. The molecule has 0 saturated carbocycles. The molecule has 0 bridgehead atoms. The summed E-state index contributed by atoms with van der Waals surface area (Å²) < 4.78 is 0. The molecule has 0 aromatic heterocycles. The van der Waals surface area contributed by atoms with Crippen LogP contribution in [0.2, 0.25) is 0 Å². The first kappa shape index (κ1) is 8.48. The first-order valence-corrected chi connectivity index (χ1v) is 2.88. The molecule has 1 rings (SSSR count). The standard InChI is InChI=1S/C6H7Cl.Ti/c7-5-6-3-1-2-4-6;/h1-4,6H,5H2;. The number of hydrogen-bond donors (Lipinski definition) is 0. The molecule has 0 aromatic carbocycles. The summed E-state index contributed by atoms with van der Waals surface area (Å²) in [6.07, 6.45) is 8.22. The Balaban J connectivity index is 0.000000490. The van der Waals surface area contributed by atoms with Gasteiger partial charge in [0.05, 0.1) is 0 Å². The molecule has 0 saturated heterocycles. The van der Waals surface area contributed by atoms with Crippen LogP contribution in [0.1, 0.15) is 0 Å². The second-order valence-corrected chi connectivity index (χ2v) is 1.90. The van der Waals surface area contributed by atoms with Crippen LogP contribution in [-0.4, -0.2) is 5.88 Å². The Morgan fingerprint density at radius 2 is 1.75 bits per heavy atom. The summed E-state index contributed by atoms with van der Waals surface area (Å²) in [4.78, 5) is 0. The zero-order valence-electron chi connectivity index (χ0n) is 4.47. The van der Waals surface area contributed by atoms with E-state index in [4.69, 9.17) is 11.6 Å². The van der Waals surface area contributed by atoms with E-state index in [1.54, 1.807) is 0 Å². The van der Waals surface area contributed by atoms with Crippen molar-refractivity contribution in [2.24, 2.45) is 5.92 Å². The van der Waals surface area contributed by atoms with Crippen LogP contribution in [0, 0.1) is 5.92 Å². The van der Waals surface area contributed by atoms with Crippen molar-refractivity contribution in [3.63, 3.8) is 0 Å². The van der Waals surface area contributed by atoms with Crippen molar-refractivity contribution in [2.75, 3.05) is 5.88 Å². The van der Waals surface area contributed by atoms with Crippen LogP contribution < -0.4 is 0 Å². The fourth-order valence-corrected chi connectivity index (χ4v) is 0.786. The molecular weight excluding hydrogens is 155 g/mol. The van der Waals surface area contributed by atoms with Crippen LogP contribution in [0.3, 0.4) is 0 Å². The van der Waals surface area contributed by atoms with Crippen LogP contribution in [0.25, 0.3) is 0 Å². The molecule has 0 aromatic rings. The summed E-state index contributed by atoms with van der Waals surface area (Å²) in [6, 6.07) is 0. The van der Waals surface area contributed by atoms with Crippen molar-refractivity contribution in [3.8, 4) is 0 Å². The zero-order valence-corrected chi connectivity index (χ0v) is 6.79. The van der Waals surface area contributed by atoms with Gasteiger partial charge in [0.2, 0.25) is 0 Å². The zero-order chi connectivity index (χ0) is 5.11. The smallest absolute Gasteiger partial charge is 0.0321 e. The third-order valence-electron chi connectivity index (χ3n) is 1.01. The second kappa shape index (κ2) is 4.37. The third-order valence-corrected chi connectivity index (χ3v) is 1.36. The fourth-order valence-electron chi connectivity index (χ4n) is 0.581. The van der Waals surface area contributed by atoms with Crippen LogP contribution in [0.15, 0.2) is 24.3 Å². The molecule has 0 unspecified atom stereocenters. The van der Waals surface area contributed by atoms with Crippen molar-refractivity contribution < 1.29 is 21.7 Å². The second-order valence-electron chi connectivity index (χ2n) is 1.59. The Bertz CT molecular complexity index is 95.1. The van der Waals surface area contributed by atoms with E-state index in [9.17, 15) is 0 Å². The summed E-state index contributed by atoms with van der Waals surface area (Å²) in [5.41, 5.74) is 0. The van der Waals surface area contributed by atoms with Crippen LogP contribution in [0.5, 0.6) is 0 Å². The van der Waals surface area contributed by atoms with Crippen molar-refractivity contribution in [1.82, 2.24) is 0 Å². The Morgan fingerprint density at radius 3 is 2.00 bits per heavy atom. The number of halogens is 1. The molecule has 8 heavy (non-hydrogen) atoms. The fraction of sp³-hybridized carbons (Fsp3) is 0.333. The Morgan fingerprint density at radius 1 is 1.25 bits per heavy atom. The summed E-state index contributed by atoms with van der Waals surface area (Å²) in [5, 5.41) is 0. The van der Waals surface area contributed by atoms with Crippen molar-refractivity contribution >= 4 is 11.6 Å². The summed E-state index contributed by atoms with van der Waals surface area (Å²) >= 11 is 5.51. The van der Waals surface area contributed by atoms with Gasteiger partial charge in [0.1, 0.15) is 0 Å². The largest absolute Gasteiger partial charge is 0.126 e. The minimum atomic E-state index is 0. The van der Waals surface area contributed by atoms with Gasteiger partial charge in [-0.15, -0.1) is 11.6 Å². The van der Waals surface area contributed by atoms with E-state index >= 15 is 0 Å². The SMILES string of the molecule is ClCC1C=CC=C1.[Ti]. The molecule has 0 radical (unpaired) electrons. The number of hydrogen-bond acceptors (Lipinski definition) is 0. The van der Waals surface area contributed by atoms with Crippen molar-refractivity contribution in [2.45, 2.75) is 0 Å². The molecule has 0 amide bonds. The molecule has 1 aliphatic carbocycles. The first-order valence-electron chi connectivity index (χ1n) is 2.34. The molecule has 0 aliphatic heterocycles. The molecule has 0 nitrogen and oxygen atoms in total. The molecule has 0 fully saturated rings. The summed E-state index contributed by atoms with van der Waals surface area (Å²) in [5.74, 6) is 1.22. The summed E-state index contributed by atoms with van der Waals surface area (Å²) in [7, 11) is 0. The molecule has 0 heterocycles. The van der Waals surface area contributed by atoms with E-state index in [2.05, 4.69) is 12.2 Å². The normalized spacial score (nSPS) is 16.6. The van der Waals surface area contributed by atoms with Gasteiger partial charge in [-0.3, -0.25) is 0 Å². The molecule has 0 atom stereocenters. The molecule has 0 N–H and O–H groups in total. The molecule has 0 spiro atoms. The van der Waals surface area contributed by atoms with Gasteiger partial charge in [-0.1, -0.05) is 24.3 Å². The van der Waals surface area contributed by atoms with Gasteiger partial charge in [-0.2, -0.15) is 0 Å². The van der Waals surface area contributed by atoms with Gasteiger partial charge >= 0.3 is 0 Å². The molecule has 1 aliphatic rings. The van der Waals surface area contributed by atoms with Crippen molar-refractivity contribution in [1.29, 1.82) is 0 Å². The average molecular weight is 162 g/mol. The molecule has 42 valence electrons. The minimum Gasteiger partial charge on any atom is -0.126 e. The summed E-state index contributed by atoms with van der Waals surface area (Å²) in [6.45, 7) is 0. The van der Waals surface area contributed by atoms with Gasteiger partial charge in [-0.25, -0.2) is 0 Å². The van der Waals surface area contributed by atoms with E-state index in [1.807, 2.05) is 12.2 Å². The molecular formula is C6H7ClTi. The predicted molar refractivity (Wildman–Crippen MR) is 32.5 cm³/mol. The van der Waals surface area contributed by atoms with Gasteiger partial charge < -0.3 is 0 Å². The topological polar surface area (TPSA) is 0 Å². The number of allylic oxidation sites excluding steroid dienone is 4. The number of rotatable bonds is 1. The van der Waals surface area contributed by atoms with Crippen LogP contribution in [0.4, 0.5) is 0 Å². The Hall–Kier alpha value is 0.484. The van der Waals surface area contributed by atoms with E-state index in [0.717, 1.165) is 0 Å². The third kappa shape index (κ3) is 2.17. The van der Waals surface area contributed by atoms with E-state index in [0.29, 0.717) is 11.8 Å². The monoisotopic (exact) mass is 162 g/mol. The Labute approximate surface area is 69.5 Å². The molecule has 2 heteroatoms. The maximum Gasteiger partial charge on any atom is 0.0321 e. The van der Waals surface area contributed by atoms with E-state index in [-0.39, 0.29) is 21.7 Å². The van der Waals surface area contributed by atoms with Gasteiger partial charge in [0, 0.05) is 33.5 Å². The maximum absolute atomic E-state index is 5.51. The number of alkyl halides is 1. The van der Waals surface area contributed by atoms with Gasteiger partial charge in [0.25, 0.3) is 0 Å². The van der Waals surface area contributed by atoms with E-state index in [1.165, 1.54) is 0 Å². The average Bonchev–Trinajstić information content (AvgIpc) is 2.14. The minimum absolute atomic E-state index is 0. The first-order chi connectivity index (χ1) is 3.43. The van der Waals surface area contributed by atoms with Gasteiger partial charge in [-0.05, 0) is 0 Å². The van der Waals surface area contributed by atoms with Gasteiger partial charge in [0.15, 0.2) is 0 Å². The van der Waals surface area contributed by atoms with Crippen molar-refractivity contribution in [3.05, 3.63) is 24.3 Å². The maximum atomic E-state index is 5.51. The van der Waals surface area contributed by atoms with Crippen LogP contribution >= 0.6 is 11.6 Å². The predicted octanol–water partition coefficient (Wildman–Crippen LogP) is 1.96. The van der Waals surface area contributed by atoms with Crippen LogP contribution in [-0.2, 0) is 21.7 Å².